The summed E-state index contributed by atoms with van der Waals surface area (Å²) < 4.78 is 0. The second-order valence-electron chi connectivity index (χ2n) is 4.44. The Morgan fingerprint density at radius 2 is 1.62 bits per heavy atom. The van der Waals surface area contributed by atoms with Gasteiger partial charge in [-0.25, -0.2) is 9.59 Å². The van der Waals surface area contributed by atoms with E-state index < -0.39 is 11.9 Å². The molecule has 0 amide bonds. The maximum atomic E-state index is 11.2. The molecule has 21 heavy (non-hydrogen) atoms. The molecule has 0 atom stereocenters. The predicted octanol–water partition coefficient (Wildman–Crippen LogP) is 3.19. The van der Waals surface area contributed by atoms with Gasteiger partial charge in [-0.15, -0.1) is 0 Å². The van der Waals surface area contributed by atoms with Gasteiger partial charge in [-0.1, -0.05) is 18.2 Å². The molecule has 0 saturated carbocycles. The highest BCUT2D eigenvalue weighted by atomic mass is 16.4. The molecule has 5 heteroatoms. The van der Waals surface area contributed by atoms with Gasteiger partial charge in [0.05, 0.1) is 11.1 Å². The van der Waals surface area contributed by atoms with Gasteiger partial charge in [0.1, 0.15) is 0 Å². The molecule has 0 aromatic heterocycles. The first kappa shape index (κ1) is 14.6. The van der Waals surface area contributed by atoms with Crippen molar-refractivity contribution >= 4 is 23.3 Å². The fourth-order valence-corrected chi connectivity index (χ4v) is 1.89. The first-order valence-corrected chi connectivity index (χ1v) is 6.04. The highest BCUT2D eigenvalue weighted by Gasteiger charge is 2.16. The Labute approximate surface area is 121 Å². The summed E-state index contributed by atoms with van der Waals surface area (Å²) in [7, 11) is 0. The zero-order valence-electron chi connectivity index (χ0n) is 11.1. The first-order chi connectivity index (χ1) is 9.90. The maximum Gasteiger partial charge on any atom is 0.336 e. The molecule has 0 fully saturated rings. The standard InChI is InChI=1S/C16H13NO4/c1-9-5-3-4-6-13(9)17-14-8-11(15(18)19)7-12(10(14)2)16(20)21/h3-8,17H,1-2H2,(H,18,19)(H,20,21). The van der Waals surface area contributed by atoms with Crippen molar-refractivity contribution in [1.29, 1.82) is 0 Å². The number of hydrogen-bond acceptors (Lipinski definition) is 3. The van der Waals surface area contributed by atoms with Gasteiger partial charge in [0.25, 0.3) is 0 Å². The minimum Gasteiger partial charge on any atom is -0.478 e. The number of rotatable bonds is 4. The molecule has 3 N–H and O–H groups in total. The Bertz CT molecular complexity index is 722. The number of hydrogen-bond donors (Lipinski definition) is 3. The average molecular weight is 283 g/mol. The third-order valence-electron chi connectivity index (χ3n) is 3.01. The number of aromatic carboxylic acids is 2. The summed E-state index contributed by atoms with van der Waals surface area (Å²) in [5.41, 5.74) is 1.62. The molecule has 2 rings (SSSR count). The van der Waals surface area contributed by atoms with E-state index in [1.807, 2.05) is 6.07 Å². The van der Waals surface area contributed by atoms with Crippen LogP contribution in [-0.4, -0.2) is 22.2 Å². The van der Waals surface area contributed by atoms with Crippen molar-refractivity contribution in [1.82, 2.24) is 0 Å². The molecule has 2 aromatic carbocycles. The lowest BCUT2D eigenvalue weighted by Gasteiger charge is -2.14. The Kier molecular flexibility index (Phi) is 3.93. The summed E-state index contributed by atoms with van der Waals surface area (Å²) in [5, 5.41) is 21.2. The molecule has 0 aliphatic carbocycles. The fraction of sp³-hybridized carbons (Fsp3) is 0. The van der Waals surface area contributed by atoms with Gasteiger partial charge >= 0.3 is 11.9 Å². The van der Waals surface area contributed by atoms with Crippen LogP contribution in [0.5, 0.6) is 0 Å². The second kappa shape index (κ2) is 5.66. The normalized spacial score (nSPS) is 10.2. The van der Waals surface area contributed by atoms with Gasteiger partial charge in [0, 0.05) is 11.4 Å². The van der Waals surface area contributed by atoms with Crippen LogP contribution in [0.1, 0.15) is 31.8 Å². The van der Waals surface area contributed by atoms with E-state index in [0.717, 1.165) is 6.07 Å². The molecule has 0 saturated heterocycles. The molecule has 0 spiro atoms. The zero-order chi connectivity index (χ0) is 15.6. The number of carboxylic acid groups (broad SMARTS) is 2. The second-order valence-corrected chi connectivity index (χ2v) is 4.44. The third-order valence-corrected chi connectivity index (χ3v) is 3.01. The average Bonchev–Trinajstić information content (AvgIpc) is 2.42. The molecule has 0 heterocycles. The van der Waals surface area contributed by atoms with Crippen molar-refractivity contribution < 1.29 is 19.8 Å². The maximum absolute atomic E-state index is 11.2. The van der Waals surface area contributed by atoms with E-state index in [1.165, 1.54) is 6.07 Å². The lowest BCUT2D eigenvalue weighted by molar-refractivity contribution is 0.0695. The van der Waals surface area contributed by atoms with Crippen LogP contribution in [0.15, 0.2) is 36.4 Å². The summed E-state index contributed by atoms with van der Waals surface area (Å²) in [5.74, 6) is -2.43. The number of anilines is 2. The Morgan fingerprint density at radius 1 is 0.952 bits per heavy atom. The molecule has 0 aliphatic heterocycles. The summed E-state index contributed by atoms with van der Waals surface area (Å²) in [4.78, 5) is 22.3. The van der Waals surface area contributed by atoms with Crippen molar-refractivity contribution in [3.05, 3.63) is 72.5 Å². The van der Waals surface area contributed by atoms with E-state index in [2.05, 4.69) is 19.2 Å². The summed E-state index contributed by atoms with van der Waals surface area (Å²) in [6.07, 6.45) is 0. The molecule has 106 valence electrons. The van der Waals surface area contributed by atoms with Crippen LogP contribution in [-0.2, 0) is 0 Å². The van der Waals surface area contributed by atoms with Crippen LogP contribution in [0.25, 0.3) is 0 Å². The molecule has 5 nitrogen and oxygen atoms in total. The number of carboxylic acids is 2. The fourth-order valence-electron chi connectivity index (χ4n) is 1.89. The minimum atomic E-state index is -1.23. The minimum absolute atomic E-state index is 0.121. The number of nitrogens with one attached hydrogen (secondary N) is 1. The molecular formula is C16H13NO4. The van der Waals surface area contributed by atoms with Crippen molar-refractivity contribution in [2.24, 2.45) is 0 Å². The van der Waals surface area contributed by atoms with Crippen molar-refractivity contribution in [3.8, 4) is 0 Å². The van der Waals surface area contributed by atoms with Crippen LogP contribution in [0, 0.1) is 13.8 Å². The summed E-state index contributed by atoms with van der Waals surface area (Å²) in [6.45, 7) is 7.56. The van der Waals surface area contributed by atoms with Gasteiger partial charge in [-0.3, -0.25) is 0 Å². The van der Waals surface area contributed by atoms with Gasteiger partial charge in [-0.05, 0) is 43.2 Å². The lowest BCUT2D eigenvalue weighted by atomic mass is 10.0. The quantitative estimate of drug-likeness (QED) is 0.802. The van der Waals surface area contributed by atoms with Crippen LogP contribution in [0.3, 0.4) is 0 Å². The smallest absolute Gasteiger partial charge is 0.336 e. The number of carbonyl (C=O) groups is 2. The highest BCUT2D eigenvalue weighted by molar-refractivity contribution is 5.98. The van der Waals surface area contributed by atoms with E-state index in [1.54, 1.807) is 18.2 Å². The van der Waals surface area contributed by atoms with Crippen molar-refractivity contribution in [2.45, 2.75) is 0 Å². The molecule has 0 bridgehead atoms. The molecule has 2 radical (unpaired) electrons. The van der Waals surface area contributed by atoms with Crippen LogP contribution in [0.2, 0.25) is 0 Å². The van der Waals surface area contributed by atoms with E-state index in [-0.39, 0.29) is 16.7 Å². The Morgan fingerprint density at radius 3 is 2.19 bits per heavy atom. The monoisotopic (exact) mass is 283 g/mol. The summed E-state index contributed by atoms with van der Waals surface area (Å²) >= 11 is 0. The molecule has 0 unspecified atom stereocenters. The van der Waals surface area contributed by atoms with E-state index in [0.29, 0.717) is 16.9 Å². The van der Waals surface area contributed by atoms with Crippen LogP contribution >= 0.6 is 0 Å². The molecule has 2 aromatic rings. The van der Waals surface area contributed by atoms with Gasteiger partial charge in [-0.2, -0.15) is 0 Å². The topological polar surface area (TPSA) is 86.6 Å². The Balaban J connectivity index is 2.55. The van der Waals surface area contributed by atoms with Gasteiger partial charge < -0.3 is 15.5 Å². The van der Waals surface area contributed by atoms with Crippen molar-refractivity contribution in [3.63, 3.8) is 0 Å². The molecular weight excluding hydrogens is 270 g/mol. The zero-order valence-corrected chi connectivity index (χ0v) is 11.1. The number of benzene rings is 2. The van der Waals surface area contributed by atoms with Crippen LogP contribution < -0.4 is 5.32 Å². The first-order valence-electron chi connectivity index (χ1n) is 6.04. The third kappa shape index (κ3) is 3.02. The SMILES string of the molecule is [CH2]c1ccccc1Nc1cc(C(=O)O)cc(C(=O)O)c1[CH2]. The van der Waals surface area contributed by atoms with Gasteiger partial charge in [0.2, 0.25) is 0 Å². The van der Waals surface area contributed by atoms with E-state index in [9.17, 15) is 9.59 Å². The van der Waals surface area contributed by atoms with E-state index in [4.69, 9.17) is 10.2 Å². The van der Waals surface area contributed by atoms with Gasteiger partial charge in [0.15, 0.2) is 0 Å². The largest absolute Gasteiger partial charge is 0.478 e. The summed E-state index contributed by atoms with van der Waals surface area (Å²) in [6, 6.07) is 9.59. The van der Waals surface area contributed by atoms with Crippen LogP contribution in [0.4, 0.5) is 11.4 Å². The predicted molar refractivity (Wildman–Crippen MR) is 79.0 cm³/mol. The Hall–Kier alpha value is -2.82. The number of para-hydroxylation sites is 1. The highest BCUT2D eigenvalue weighted by Crippen LogP contribution is 2.27. The van der Waals surface area contributed by atoms with Crippen molar-refractivity contribution in [2.75, 3.05) is 5.32 Å². The molecule has 0 aliphatic rings. The lowest BCUT2D eigenvalue weighted by Crippen LogP contribution is -2.08. The van der Waals surface area contributed by atoms with E-state index >= 15 is 0 Å².